The van der Waals surface area contributed by atoms with Crippen LogP contribution in [0.5, 0.6) is 5.75 Å². The molecule has 0 aromatic heterocycles. The zero-order valence-electron chi connectivity index (χ0n) is 17.1. The molecule has 0 saturated heterocycles. The number of ether oxygens (including phenoxy) is 3. The summed E-state index contributed by atoms with van der Waals surface area (Å²) in [5.74, 6) is 0.451. The number of carbonyl (C=O) groups excluding carboxylic acids is 1. The standard InChI is InChI=1S/C23H29NO4/c1-5-7-13-28-21-14-17(15-22(27-6-2)23(25)26-4)11-12-20(21)18-9-8-10-19(16-18)24-3/h8-12,14-16,24H,5-7,13H2,1-4H3/b22-15-. The van der Waals surface area contributed by atoms with E-state index >= 15 is 0 Å². The number of methoxy groups -OCH3 is 1. The van der Waals surface area contributed by atoms with Gasteiger partial charge in [-0.25, -0.2) is 4.79 Å². The van der Waals surface area contributed by atoms with E-state index in [1.807, 2.05) is 44.3 Å². The van der Waals surface area contributed by atoms with Gasteiger partial charge >= 0.3 is 5.97 Å². The second-order valence-electron chi connectivity index (χ2n) is 6.22. The minimum Gasteiger partial charge on any atom is -0.493 e. The van der Waals surface area contributed by atoms with Crippen LogP contribution in [0.4, 0.5) is 5.69 Å². The summed E-state index contributed by atoms with van der Waals surface area (Å²) in [6, 6.07) is 14.0. The molecule has 0 heterocycles. The lowest BCUT2D eigenvalue weighted by atomic mass is 10.0. The molecule has 0 unspecified atom stereocenters. The van der Waals surface area contributed by atoms with Gasteiger partial charge in [-0.15, -0.1) is 0 Å². The molecule has 2 rings (SSSR count). The topological polar surface area (TPSA) is 56.8 Å². The lowest BCUT2D eigenvalue weighted by Gasteiger charge is -2.14. The minimum absolute atomic E-state index is 0.175. The smallest absolute Gasteiger partial charge is 0.373 e. The highest BCUT2D eigenvalue weighted by atomic mass is 16.6. The maximum absolute atomic E-state index is 11.9. The normalized spacial score (nSPS) is 11.1. The van der Waals surface area contributed by atoms with Crippen LogP contribution in [-0.4, -0.2) is 33.3 Å². The Kier molecular flexibility index (Phi) is 8.40. The first kappa shape index (κ1) is 21.4. The first-order chi connectivity index (χ1) is 13.6. The molecule has 0 atom stereocenters. The molecule has 0 spiro atoms. The van der Waals surface area contributed by atoms with Crippen molar-refractivity contribution in [3.63, 3.8) is 0 Å². The van der Waals surface area contributed by atoms with Gasteiger partial charge in [0.2, 0.25) is 5.76 Å². The van der Waals surface area contributed by atoms with Gasteiger partial charge in [-0.05, 0) is 48.7 Å². The predicted octanol–water partition coefficient (Wildman–Crippen LogP) is 5.12. The van der Waals surface area contributed by atoms with E-state index in [-0.39, 0.29) is 5.76 Å². The number of anilines is 1. The number of esters is 1. The van der Waals surface area contributed by atoms with Gasteiger partial charge in [0.1, 0.15) is 5.75 Å². The Hall–Kier alpha value is -2.95. The molecule has 0 aliphatic rings. The van der Waals surface area contributed by atoms with E-state index in [4.69, 9.17) is 14.2 Å². The summed E-state index contributed by atoms with van der Waals surface area (Å²) in [6.45, 7) is 4.98. The molecular weight excluding hydrogens is 354 g/mol. The largest absolute Gasteiger partial charge is 0.493 e. The van der Waals surface area contributed by atoms with Crippen LogP contribution in [0.3, 0.4) is 0 Å². The Labute approximate surface area is 167 Å². The average Bonchev–Trinajstić information content (AvgIpc) is 2.73. The van der Waals surface area contributed by atoms with Gasteiger partial charge in [-0.2, -0.15) is 0 Å². The highest BCUT2D eigenvalue weighted by Gasteiger charge is 2.13. The third-order valence-corrected chi connectivity index (χ3v) is 4.21. The van der Waals surface area contributed by atoms with E-state index in [2.05, 4.69) is 24.4 Å². The number of unbranched alkanes of at least 4 members (excludes halogenated alkanes) is 1. The number of rotatable bonds is 10. The number of hydrogen-bond acceptors (Lipinski definition) is 5. The molecule has 0 bridgehead atoms. The maximum atomic E-state index is 11.9. The van der Waals surface area contributed by atoms with E-state index in [9.17, 15) is 4.79 Å². The molecule has 0 aliphatic carbocycles. The minimum atomic E-state index is -0.499. The fourth-order valence-electron chi connectivity index (χ4n) is 2.72. The van der Waals surface area contributed by atoms with Crippen LogP contribution < -0.4 is 10.1 Å². The van der Waals surface area contributed by atoms with Crippen molar-refractivity contribution in [2.24, 2.45) is 0 Å². The monoisotopic (exact) mass is 383 g/mol. The van der Waals surface area contributed by atoms with E-state index < -0.39 is 5.97 Å². The van der Waals surface area contributed by atoms with Crippen molar-refractivity contribution in [2.75, 3.05) is 32.7 Å². The van der Waals surface area contributed by atoms with Crippen LogP contribution in [0, 0.1) is 0 Å². The second-order valence-corrected chi connectivity index (χ2v) is 6.22. The van der Waals surface area contributed by atoms with Crippen molar-refractivity contribution in [3.8, 4) is 16.9 Å². The van der Waals surface area contributed by atoms with Crippen LogP contribution in [-0.2, 0) is 14.3 Å². The second kappa shape index (κ2) is 11.0. The fraction of sp³-hybridized carbons (Fsp3) is 0.348. The summed E-state index contributed by atoms with van der Waals surface area (Å²) >= 11 is 0. The van der Waals surface area contributed by atoms with Crippen molar-refractivity contribution < 1.29 is 19.0 Å². The van der Waals surface area contributed by atoms with E-state index in [0.717, 1.165) is 41.0 Å². The fourth-order valence-corrected chi connectivity index (χ4v) is 2.72. The molecule has 0 saturated carbocycles. The molecule has 2 aromatic carbocycles. The summed E-state index contributed by atoms with van der Waals surface area (Å²) in [7, 11) is 3.24. The molecule has 0 fully saturated rings. The van der Waals surface area contributed by atoms with E-state index in [0.29, 0.717) is 13.2 Å². The summed E-state index contributed by atoms with van der Waals surface area (Å²) in [5, 5.41) is 3.16. The Morgan fingerprint density at radius 2 is 1.96 bits per heavy atom. The molecule has 2 aromatic rings. The van der Waals surface area contributed by atoms with Crippen molar-refractivity contribution in [2.45, 2.75) is 26.7 Å². The molecule has 5 nitrogen and oxygen atoms in total. The Bertz CT molecular complexity index is 814. The first-order valence-electron chi connectivity index (χ1n) is 9.60. The molecule has 0 radical (unpaired) electrons. The summed E-state index contributed by atoms with van der Waals surface area (Å²) < 4.78 is 16.3. The lowest BCUT2D eigenvalue weighted by Crippen LogP contribution is -2.08. The summed E-state index contributed by atoms with van der Waals surface area (Å²) in [5.41, 5.74) is 3.91. The predicted molar refractivity (Wildman–Crippen MR) is 113 cm³/mol. The zero-order chi connectivity index (χ0) is 20.4. The Morgan fingerprint density at radius 1 is 1.14 bits per heavy atom. The molecule has 28 heavy (non-hydrogen) atoms. The van der Waals surface area contributed by atoms with E-state index in [1.54, 1.807) is 6.08 Å². The molecule has 1 N–H and O–H groups in total. The van der Waals surface area contributed by atoms with Gasteiger partial charge in [-0.3, -0.25) is 0 Å². The van der Waals surface area contributed by atoms with Gasteiger partial charge in [0.05, 0.1) is 20.3 Å². The van der Waals surface area contributed by atoms with Crippen LogP contribution in [0.2, 0.25) is 0 Å². The van der Waals surface area contributed by atoms with Gasteiger partial charge in [-0.1, -0.05) is 37.6 Å². The van der Waals surface area contributed by atoms with Crippen molar-refractivity contribution in [1.82, 2.24) is 0 Å². The van der Waals surface area contributed by atoms with Gasteiger partial charge in [0, 0.05) is 18.3 Å². The SMILES string of the molecule is CCCCOc1cc(/C=C(\OCC)C(=O)OC)ccc1-c1cccc(NC)c1. The quantitative estimate of drug-likeness (QED) is 0.267. The molecule has 0 aliphatic heterocycles. The highest BCUT2D eigenvalue weighted by molar-refractivity contribution is 5.91. The van der Waals surface area contributed by atoms with Gasteiger partial charge in [0.15, 0.2) is 0 Å². The van der Waals surface area contributed by atoms with Crippen LogP contribution in [0.25, 0.3) is 17.2 Å². The Morgan fingerprint density at radius 3 is 2.64 bits per heavy atom. The van der Waals surface area contributed by atoms with Crippen molar-refractivity contribution in [1.29, 1.82) is 0 Å². The number of benzene rings is 2. The number of nitrogens with one attached hydrogen (secondary N) is 1. The summed E-state index contributed by atoms with van der Waals surface area (Å²) in [4.78, 5) is 11.9. The number of hydrogen-bond donors (Lipinski definition) is 1. The van der Waals surface area contributed by atoms with Crippen LogP contribution >= 0.6 is 0 Å². The lowest BCUT2D eigenvalue weighted by molar-refractivity contribution is -0.139. The van der Waals surface area contributed by atoms with Crippen molar-refractivity contribution >= 4 is 17.7 Å². The van der Waals surface area contributed by atoms with Crippen LogP contribution in [0.1, 0.15) is 32.3 Å². The molecule has 150 valence electrons. The maximum Gasteiger partial charge on any atom is 0.373 e. The molecule has 0 amide bonds. The Balaban J connectivity index is 2.45. The molecular formula is C23H29NO4. The summed E-state index contributed by atoms with van der Waals surface area (Å²) in [6.07, 6.45) is 3.71. The first-order valence-corrected chi connectivity index (χ1v) is 9.60. The molecule has 5 heteroatoms. The zero-order valence-corrected chi connectivity index (χ0v) is 17.1. The average molecular weight is 383 g/mol. The third kappa shape index (κ3) is 5.78. The number of carbonyl (C=O) groups is 1. The van der Waals surface area contributed by atoms with Gasteiger partial charge in [0.25, 0.3) is 0 Å². The van der Waals surface area contributed by atoms with Gasteiger partial charge < -0.3 is 19.5 Å². The van der Waals surface area contributed by atoms with Crippen molar-refractivity contribution in [3.05, 3.63) is 53.8 Å². The van der Waals surface area contributed by atoms with Crippen LogP contribution in [0.15, 0.2) is 48.2 Å². The third-order valence-electron chi connectivity index (χ3n) is 4.21. The highest BCUT2D eigenvalue weighted by Crippen LogP contribution is 2.33. The van der Waals surface area contributed by atoms with E-state index in [1.165, 1.54) is 7.11 Å².